The molecule has 0 aliphatic carbocycles. The van der Waals surface area contributed by atoms with E-state index in [0.717, 1.165) is 0 Å². The molecule has 140 valence electrons. The topological polar surface area (TPSA) is 107 Å². The second-order valence-corrected chi connectivity index (χ2v) is 6.05. The number of amides is 1. The fraction of sp³-hybridized carbons (Fsp3) is 0. The fourth-order valence-electron chi connectivity index (χ4n) is 2.22. The molecular weight excluding hydrogens is 380 g/mol. The Morgan fingerprint density at radius 2 is 1.79 bits per heavy atom. The van der Waals surface area contributed by atoms with E-state index in [0.29, 0.717) is 22.0 Å². The molecular formula is C20H15ClN4O3. The summed E-state index contributed by atoms with van der Waals surface area (Å²) in [7, 11) is 0. The van der Waals surface area contributed by atoms with Gasteiger partial charge in [0.1, 0.15) is 17.2 Å². The van der Waals surface area contributed by atoms with Crippen LogP contribution in [0.3, 0.4) is 0 Å². The van der Waals surface area contributed by atoms with E-state index in [1.807, 2.05) is 0 Å². The molecule has 0 radical (unpaired) electrons. The van der Waals surface area contributed by atoms with E-state index in [9.17, 15) is 15.0 Å². The van der Waals surface area contributed by atoms with Gasteiger partial charge in [-0.05, 0) is 48.5 Å². The summed E-state index contributed by atoms with van der Waals surface area (Å²) in [5, 5.41) is 31.8. The van der Waals surface area contributed by atoms with Gasteiger partial charge in [-0.1, -0.05) is 29.8 Å². The van der Waals surface area contributed by atoms with Crippen LogP contribution in [-0.4, -0.2) is 22.3 Å². The third-order valence-corrected chi connectivity index (χ3v) is 3.93. The van der Waals surface area contributed by atoms with Crippen LogP contribution >= 0.6 is 11.6 Å². The van der Waals surface area contributed by atoms with Gasteiger partial charge in [0.15, 0.2) is 0 Å². The van der Waals surface area contributed by atoms with E-state index < -0.39 is 5.91 Å². The Hall–Kier alpha value is -3.71. The van der Waals surface area contributed by atoms with E-state index in [4.69, 9.17) is 11.6 Å². The molecule has 28 heavy (non-hydrogen) atoms. The Labute approximate surface area is 165 Å². The largest absolute Gasteiger partial charge is 0.508 e. The predicted molar refractivity (Wildman–Crippen MR) is 107 cm³/mol. The fourth-order valence-corrected chi connectivity index (χ4v) is 2.40. The molecule has 0 bridgehead atoms. The Balaban J connectivity index is 1.72. The van der Waals surface area contributed by atoms with Gasteiger partial charge in [-0.25, -0.2) is 5.43 Å². The number of phenolic OH excluding ortho intramolecular Hbond substituents is 2. The number of azo groups is 1. The molecule has 3 aromatic carbocycles. The number of benzene rings is 3. The molecule has 0 saturated heterocycles. The highest BCUT2D eigenvalue weighted by atomic mass is 35.5. The SMILES string of the molecule is O=C(N/N=C/c1cc(N=Nc2ccccc2Cl)ccc1O)c1cccc(O)c1. The number of nitrogens with zero attached hydrogens (tertiary/aromatic N) is 3. The molecule has 0 unspecified atom stereocenters. The molecule has 8 heteroatoms. The lowest BCUT2D eigenvalue weighted by molar-refractivity contribution is 0.0954. The van der Waals surface area contributed by atoms with Crippen LogP contribution in [0.15, 0.2) is 82.1 Å². The van der Waals surface area contributed by atoms with Crippen molar-refractivity contribution in [2.45, 2.75) is 0 Å². The minimum Gasteiger partial charge on any atom is -0.508 e. The number of rotatable bonds is 5. The van der Waals surface area contributed by atoms with Crippen LogP contribution in [0, 0.1) is 0 Å². The molecule has 0 saturated carbocycles. The lowest BCUT2D eigenvalue weighted by Gasteiger charge is -2.02. The molecule has 0 aliphatic heterocycles. The van der Waals surface area contributed by atoms with Gasteiger partial charge >= 0.3 is 0 Å². The van der Waals surface area contributed by atoms with Gasteiger partial charge in [0.05, 0.1) is 16.9 Å². The van der Waals surface area contributed by atoms with Crippen LogP contribution in [-0.2, 0) is 0 Å². The maximum absolute atomic E-state index is 12.0. The van der Waals surface area contributed by atoms with Crippen LogP contribution in [0.25, 0.3) is 0 Å². The van der Waals surface area contributed by atoms with Crippen molar-refractivity contribution in [3.8, 4) is 11.5 Å². The molecule has 0 aliphatic rings. The lowest BCUT2D eigenvalue weighted by Crippen LogP contribution is -2.17. The quantitative estimate of drug-likeness (QED) is 0.324. The zero-order chi connectivity index (χ0) is 19.9. The van der Waals surface area contributed by atoms with Gasteiger partial charge in [0.25, 0.3) is 5.91 Å². The second kappa shape index (κ2) is 8.79. The smallest absolute Gasteiger partial charge is 0.271 e. The molecule has 3 rings (SSSR count). The van der Waals surface area contributed by atoms with Crippen LogP contribution in [0.1, 0.15) is 15.9 Å². The number of hydrogen-bond acceptors (Lipinski definition) is 6. The van der Waals surface area contributed by atoms with E-state index in [1.165, 1.54) is 30.5 Å². The van der Waals surface area contributed by atoms with Crippen LogP contribution < -0.4 is 5.43 Å². The van der Waals surface area contributed by atoms with Crippen LogP contribution in [0.4, 0.5) is 11.4 Å². The van der Waals surface area contributed by atoms with Crippen molar-refractivity contribution in [1.29, 1.82) is 0 Å². The molecule has 3 aromatic rings. The normalized spacial score (nSPS) is 11.2. The molecule has 3 N–H and O–H groups in total. The minimum absolute atomic E-state index is 0.0224. The molecule has 0 heterocycles. The van der Waals surface area contributed by atoms with Gasteiger partial charge in [-0.15, -0.1) is 5.11 Å². The zero-order valence-electron chi connectivity index (χ0n) is 14.5. The van der Waals surface area contributed by atoms with E-state index >= 15 is 0 Å². The van der Waals surface area contributed by atoms with E-state index in [2.05, 4.69) is 20.8 Å². The number of phenols is 2. The first-order valence-corrected chi connectivity index (χ1v) is 8.52. The average molecular weight is 395 g/mol. The molecule has 0 spiro atoms. The third kappa shape index (κ3) is 4.93. The summed E-state index contributed by atoms with van der Waals surface area (Å²) in [6.07, 6.45) is 1.28. The first kappa shape index (κ1) is 19.1. The highest BCUT2D eigenvalue weighted by Crippen LogP contribution is 2.27. The zero-order valence-corrected chi connectivity index (χ0v) is 15.2. The van der Waals surface area contributed by atoms with Crippen molar-refractivity contribution in [2.24, 2.45) is 15.3 Å². The average Bonchev–Trinajstić information content (AvgIpc) is 2.69. The van der Waals surface area contributed by atoms with Gasteiger partial charge in [-0.2, -0.15) is 10.2 Å². The Morgan fingerprint density at radius 3 is 2.57 bits per heavy atom. The summed E-state index contributed by atoms with van der Waals surface area (Å²) in [4.78, 5) is 12.0. The Kier molecular flexibility index (Phi) is 5.98. The number of hydrogen-bond donors (Lipinski definition) is 3. The molecule has 0 atom stereocenters. The summed E-state index contributed by atoms with van der Waals surface area (Å²) < 4.78 is 0. The maximum Gasteiger partial charge on any atom is 0.271 e. The van der Waals surface area contributed by atoms with Crippen molar-refractivity contribution in [3.05, 3.63) is 82.9 Å². The second-order valence-electron chi connectivity index (χ2n) is 5.64. The Bertz CT molecular complexity index is 1070. The van der Waals surface area contributed by atoms with E-state index in [1.54, 1.807) is 42.5 Å². The highest BCUT2D eigenvalue weighted by Gasteiger charge is 2.05. The summed E-state index contributed by atoms with van der Waals surface area (Å²) in [5.74, 6) is -0.556. The molecule has 0 aromatic heterocycles. The molecule has 1 amide bonds. The first-order chi connectivity index (χ1) is 13.5. The van der Waals surface area contributed by atoms with Crippen LogP contribution in [0.5, 0.6) is 11.5 Å². The third-order valence-electron chi connectivity index (χ3n) is 3.61. The predicted octanol–water partition coefficient (Wildman–Crippen LogP) is 4.93. The first-order valence-electron chi connectivity index (χ1n) is 8.14. The van der Waals surface area contributed by atoms with Crippen molar-refractivity contribution >= 4 is 35.1 Å². The monoisotopic (exact) mass is 394 g/mol. The summed E-state index contributed by atoms with van der Waals surface area (Å²) in [6.45, 7) is 0. The van der Waals surface area contributed by atoms with Gasteiger partial charge < -0.3 is 10.2 Å². The summed E-state index contributed by atoms with van der Waals surface area (Å²) in [5.41, 5.74) is 3.91. The standard InChI is InChI=1S/C20H15ClN4O3/c21-17-6-1-2-7-18(17)24-23-15-8-9-19(27)14(10-15)12-22-25-20(28)13-4-3-5-16(26)11-13/h1-12,26-27H,(H,25,28)/b22-12+,24-23?. The number of aromatic hydroxyl groups is 2. The number of nitrogens with one attached hydrogen (secondary N) is 1. The van der Waals surface area contributed by atoms with Crippen molar-refractivity contribution in [3.63, 3.8) is 0 Å². The number of halogens is 1. The van der Waals surface area contributed by atoms with Gasteiger partial charge in [0.2, 0.25) is 0 Å². The van der Waals surface area contributed by atoms with Crippen molar-refractivity contribution in [1.82, 2.24) is 5.43 Å². The van der Waals surface area contributed by atoms with Crippen molar-refractivity contribution < 1.29 is 15.0 Å². The maximum atomic E-state index is 12.0. The number of carbonyl (C=O) groups excluding carboxylic acids is 1. The minimum atomic E-state index is -0.499. The van der Waals surface area contributed by atoms with Gasteiger partial charge in [-0.3, -0.25) is 4.79 Å². The number of carbonyl (C=O) groups is 1. The summed E-state index contributed by atoms with van der Waals surface area (Å²) in [6, 6.07) is 17.5. The van der Waals surface area contributed by atoms with E-state index in [-0.39, 0.29) is 17.1 Å². The lowest BCUT2D eigenvalue weighted by atomic mass is 10.2. The van der Waals surface area contributed by atoms with Crippen LogP contribution in [0.2, 0.25) is 5.02 Å². The number of hydrazone groups is 1. The Morgan fingerprint density at radius 1 is 0.964 bits per heavy atom. The highest BCUT2D eigenvalue weighted by molar-refractivity contribution is 6.32. The van der Waals surface area contributed by atoms with Crippen molar-refractivity contribution in [2.75, 3.05) is 0 Å². The van der Waals surface area contributed by atoms with Gasteiger partial charge in [0, 0.05) is 11.1 Å². The molecule has 0 fully saturated rings. The molecule has 7 nitrogen and oxygen atoms in total. The summed E-state index contributed by atoms with van der Waals surface area (Å²) >= 11 is 6.03.